The first kappa shape index (κ1) is 16.7. The van der Waals surface area contributed by atoms with Crippen LogP contribution >= 0.6 is 0 Å². The minimum atomic E-state index is -6.21. The van der Waals surface area contributed by atoms with Crippen LogP contribution in [0.2, 0.25) is 18.1 Å². The fraction of sp³-hybridized carbons (Fsp3) is 1.00. The van der Waals surface area contributed by atoms with Crippen LogP contribution in [-0.4, -0.2) is 25.7 Å². The Bertz CT molecular complexity index is 242. The number of rotatable bonds is 5. The van der Waals surface area contributed by atoms with Gasteiger partial charge in [-0.25, -0.2) is 8.78 Å². The second kappa shape index (κ2) is 4.77. The molecule has 0 atom stereocenters. The zero-order valence-corrected chi connectivity index (χ0v) is 10.8. The molecule has 0 aromatic rings. The van der Waals surface area contributed by atoms with Crippen molar-refractivity contribution in [3.05, 3.63) is 0 Å². The molecule has 17 heavy (non-hydrogen) atoms. The molecule has 0 radical (unpaired) electrons. The van der Waals surface area contributed by atoms with E-state index in [9.17, 15) is 30.7 Å². The number of halogens is 7. The van der Waals surface area contributed by atoms with Crippen LogP contribution in [0.3, 0.4) is 0 Å². The third kappa shape index (κ3) is 2.32. The third-order valence-corrected chi connectivity index (χ3v) is 9.15. The first-order valence-electron chi connectivity index (χ1n) is 5.25. The van der Waals surface area contributed by atoms with E-state index in [2.05, 4.69) is 0 Å². The predicted octanol–water partition coefficient (Wildman–Crippen LogP) is 4.87. The van der Waals surface area contributed by atoms with E-state index in [0.717, 1.165) is 0 Å². The summed E-state index contributed by atoms with van der Waals surface area (Å²) in [5, 5.41) is 0. The van der Waals surface area contributed by atoms with Crippen LogP contribution in [0.4, 0.5) is 30.7 Å². The largest absolute Gasteiger partial charge is 0.459 e. The summed E-state index contributed by atoms with van der Waals surface area (Å²) < 4.78 is 89.2. The zero-order chi connectivity index (χ0) is 14.1. The monoisotopic (exact) mass is 284 g/mol. The highest BCUT2D eigenvalue weighted by atomic mass is 28.3. The van der Waals surface area contributed by atoms with Crippen molar-refractivity contribution in [2.24, 2.45) is 0 Å². The van der Waals surface area contributed by atoms with E-state index in [1.54, 1.807) is 0 Å². The quantitative estimate of drug-likeness (QED) is 0.499. The molecule has 8 heteroatoms. The zero-order valence-electron chi connectivity index (χ0n) is 9.77. The van der Waals surface area contributed by atoms with Crippen molar-refractivity contribution in [2.75, 3.05) is 0 Å². The van der Waals surface area contributed by atoms with Gasteiger partial charge in [0.1, 0.15) is 8.07 Å². The molecule has 0 aliphatic heterocycles. The van der Waals surface area contributed by atoms with Crippen LogP contribution in [0.1, 0.15) is 20.8 Å². The lowest BCUT2D eigenvalue weighted by Crippen LogP contribution is -2.66. The molecule has 0 aromatic carbocycles. The van der Waals surface area contributed by atoms with Crippen LogP contribution in [0.5, 0.6) is 0 Å². The van der Waals surface area contributed by atoms with Gasteiger partial charge in [0.15, 0.2) is 0 Å². The molecule has 0 spiro atoms. The van der Waals surface area contributed by atoms with Gasteiger partial charge in [0, 0.05) is 0 Å². The van der Waals surface area contributed by atoms with Crippen LogP contribution in [0.25, 0.3) is 0 Å². The Morgan fingerprint density at radius 3 is 1.18 bits per heavy atom. The first-order valence-corrected chi connectivity index (χ1v) is 7.88. The predicted molar refractivity (Wildman–Crippen MR) is 53.1 cm³/mol. The van der Waals surface area contributed by atoms with E-state index in [4.69, 9.17) is 0 Å². The molecule has 0 fully saturated rings. The highest BCUT2D eigenvalue weighted by molar-refractivity contribution is 6.82. The van der Waals surface area contributed by atoms with Crippen molar-refractivity contribution in [2.45, 2.75) is 56.5 Å². The molecule has 0 rings (SSSR count). The van der Waals surface area contributed by atoms with Gasteiger partial charge in [-0.3, -0.25) is 0 Å². The summed E-state index contributed by atoms with van der Waals surface area (Å²) in [6.45, 7) is 3.75. The lowest BCUT2D eigenvalue weighted by atomic mass is 10.3. The summed E-state index contributed by atoms with van der Waals surface area (Å²) >= 11 is 0. The van der Waals surface area contributed by atoms with Crippen molar-refractivity contribution >= 4 is 8.07 Å². The summed E-state index contributed by atoms with van der Waals surface area (Å²) in [5.74, 6) is -5.95. The molecule has 0 saturated carbocycles. The average Bonchev–Trinajstić information content (AvgIpc) is 2.19. The molecule has 0 aliphatic carbocycles. The van der Waals surface area contributed by atoms with Crippen LogP contribution in [0.15, 0.2) is 0 Å². The Morgan fingerprint density at radius 1 is 0.706 bits per heavy atom. The maximum atomic E-state index is 13.6. The Balaban J connectivity index is 5.67. The van der Waals surface area contributed by atoms with Crippen molar-refractivity contribution in [3.8, 4) is 0 Å². The van der Waals surface area contributed by atoms with E-state index < -0.39 is 25.7 Å². The van der Waals surface area contributed by atoms with Gasteiger partial charge >= 0.3 is 12.1 Å². The van der Waals surface area contributed by atoms with Crippen molar-refractivity contribution in [1.29, 1.82) is 0 Å². The minimum absolute atomic E-state index is 0.307. The summed E-state index contributed by atoms with van der Waals surface area (Å²) in [5.41, 5.74) is -4.98. The van der Waals surface area contributed by atoms with Crippen molar-refractivity contribution in [1.82, 2.24) is 0 Å². The van der Waals surface area contributed by atoms with Gasteiger partial charge in [-0.2, -0.15) is 22.0 Å². The lowest BCUT2D eigenvalue weighted by molar-refractivity contribution is -0.335. The van der Waals surface area contributed by atoms with Crippen molar-refractivity contribution < 1.29 is 30.7 Å². The highest BCUT2D eigenvalue weighted by Crippen LogP contribution is 2.53. The smallest absolute Gasteiger partial charge is 0.205 e. The van der Waals surface area contributed by atoms with Gasteiger partial charge in [-0.05, 0) is 0 Å². The van der Waals surface area contributed by atoms with E-state index in [1.165, 1.54) is 20.8 Å². The molecule has 0 saturated heterocycles. The molecular weight excluding hydrogens is 269 g/mol. The molecule has 0 aliphatic rings. The SMILES string of the molecule is CC[Si](CC)(CC)C(F)(F)C(F)(F)C(F)(F)F. The molecule has 0 bridgehead atoms. The maximum Gasteiger partial charge on any atom is 0.459 e. The van der Waals surface area contributed by atoms with Crippen LogP contribution < -0.4 is 0 Å². The molecule has 104 valence electrons. The molecule has 0 heterocycles. The first-order chi connectivity index (χ1) is 7.43. The second-order valence-corrected chi connectivity index (χ2v) is 9.30. The summed E-state index contributed by atoms with van der Waals surface area (Å²) in [4.78, 5) is 0. The fourth-order valence-electron chi connectivity index (χ4n) is 1.93. The molecule has 0 N–H and O–H groups in total. The van der Waals surface area contributed by atoms with Gasteiger partial charge < -0.3 is 0 Å². The van der Waals surface area contributed by atoms with E-state index >= 15 is 0 Å². The molecule has 0 unspecified atom stereocenters. The topological polar surface area (TPSA) is 0 Å². The van der Waals surface area contributed by atoms with Gasteiger partial charge in [0.05, 0.1) is 0 Å². The minimum Gasteiger partial charge on any atom is -0.205 e. The Labute approximate surface area is 96.2 Å². The van der Waals surface area contributed by atoms with Crippen LogP contribution in [0, 0.1) is 0 Å². The third-order valence-electron chi connectivity index (χ3n) is 3.45. The normalized spacial score (nSPS) is 15.2. The lowest BCUT2D eigenvalue weighted by Gasteiger charge is -2.41. The van der Waals surface area contributed by atoms with E-state index in [1.807, 2.05) is 0 Å². The maximum absolute atomic E-state index is 13.6. The average molecular weight is 284 g/mol. The van der Waals surface area contributed by atoms with Crippen LogP contribution in [-0.2, 0) is 0 Å². The van der Waals surface area contributed by atoms with E-state index in [0.29, 0.717) is 0 Å². The van der Waals surface area contributed by atoms with Gasteiger partial charge in [-0.15, -0.1) is 0 Å². The Kier molecular flexibility index (Phi) is 4.70. The van der Waals surface area contributed by atoms with Gasteiger partial charge in [0.25, 0.3) is 5.55 Å². The standard InChI is InChI=1S/C9H15F7Si/c1-4-17(5-2,6-3)9(15,16)7(10,11)8(12,13)14/h4-6H2,1-3H3. The second-order valence-electron chi connectivity index (χ2n) is 3.99. The number of alkyl halides is 7. The summed E-state index contributed by atoms with van der Waals surface area (Å²) in [7, 11) is -3.99. The summed E-state index contributed by atoms with van der Waals surface area (Å²) in [6, 6.07) is -0.921. The number of hydrogen-bond acceptors (Lipinski definition) is 0. The van der Waals surface area contributed by atoms with E-state index in [-0.39, 0.29) is 18.1 Å². The fourth-order valence-corrected chi connectivity index (χ4v) is 5.57. The van der Waals surface area contributed by atoms with Gasteiger partial charge in [0.2, 0.25) is 0 Å². The molecule has 0 nitrogen and oxygen atoms in total. The van der Waals surface area contributed by atoms with Crippen molar-refractivity contribution in [3.63, 3.8) is 0 Å². The molecule has 0 amide bonds. The highest BCUT2D eigenvalue weighted by Gasteiger charge is 2.78. The molecule has 0 aromatic heterocycles. The molecular formula is C9H15F7Si. The van der Waals surface area contributed by atoms with Gasteiger partial charge in [-0.1, -0.05) is 38.9 Å². The number of hydrogen-bond donors (Lipinski definition) is 0. The summed E-state index contributed by atoms with van der Waals surface area (Å²) in [6.07, 6.45) is -6.21. The Morgan fingerprint density at radius 2 is 1.00 bits per heavy atom. The Hall–Kier alpha value is -0.273.